The Morgan fingerprint density at radius 2 is 1.79 bits per heavy atom. The van der Waals surface area contributed by atoms with E-state index in [1.807, 2.05) is 0 Å². The Balaban J connectivity index is 1.54. The maximum Gasteiger partial charge on any atom is 0.269 e. The van der Waals surface area contributed by atoms with Crippen molar-refractivity contribution in [3.63, 3.8) is 0 Å². The van der Waals surface area contributed by atoms with Gasteiger partial charge in [-0.2, -0.15) is 0 Å². The van der Waals surface area contributed by atoms with Gasteiger partial charge in [0.05, 0.1) is 18.1 Å². The van der Waals surface area contributed by atoms with E-state index in [-0.39, 0.29) is 11.6 Å². The molecule has 0 N–H and O–H groups in total. The molecule has 0 atom stereocenters. The van der Waals surface area contributed by atoms with Crippen LogP contribution < -0.4 is 0 Å². The van der Waals surface area contributed by atoms with Gasteiger partial charge in [0.2, 0.25) is 5.91 Å². The van der Waals surface area contributed by atoms with Gasteiger partial charge in [-0.1, -0.05) is 0 Å². The van der Waals surface area contributed by atoms with E-state index in [0.717, 1.165) is 12.0 Å². The van der Waals surface area contributed by atoms with Crippen LogP contribution in [0.15, 0.2) is 30.3 Å². The molecule has 0 radical (unpaired) electrons. The van der Waals surface area contributed by atoms with Gasteiger partial charge >= 0.3 is 0 Å². The van der Waals surface area contributed by atoms with Crippen molar-refractivity contribution in [1.82, 2.24) is 4.90 Å². The Morgan fingerprint density at radius 3 is 2.38 bits per heavy atom. The molecule has 0 aromatic heterocycles. The van der Waals surface area contributed by atoms with E-state index in [9.17, 15) is 14.9 Å². The Hall–Kier alpha value is -2.25. The number of nitrogens with zero attached hydrogens (tertiary/aromatic N) is 2. The molecule has 0 unspecified atom stereocenters. The summed E-state index contributed by atoms with van der Waals surface area (Å²) in [7, 11) is 0. The number of nitro benzene ring substituents is 1. The van der Waals surface area contributed by atoms with Gasteiger partial charge in [0, 0.05) is 44.1 Å². The first kappa shape index (κ1) is 16.6. The van der Waals surface area contributed by atoms with Crippen LogP contribution in [0.2, 0.25) is 0 Å². The van der Waals surface area contributed by atoms with Gasteiger partial charge in [-0.05, 0) is 30.2 Å². The number of hydrogen-bond acceptors (Lipinski definition) is 5. The highest BCUT2D eigenvalue weighted by Gasteiger charge is 2.38. The highest BCUT2D eigenvalue weighted by molar-refractivity contribution is 5.91. The lowest BCUT2D eigenvalue weighted by molar-refractivity contribution is -0.384. The van der Waals surface area contributed by atoms with E-state index >= 15 is 0 Å². The van der Waals surface area contributed by atoms with Crippen molar-refractivity contribution in [2.24, 2.45) is 0 Å². The fraction of sp³-hybridized carbons (Fsp3) is 0.471. The molecule has 1 aromatic rings. The van der Waals surface area contributed by atoms with E-state index in [2.05, 4.69) is 0 Å². The molecule has 2 fully saturated rings. The summed E-state index contributed by atoms with van der Waals surface area (Å²) in [5, 5.41) is 10.6. The topological polar surface area (TPSA) is 81.9 Å². The molecule has 7 heteroatoms. The zero-order valence-electron chi connectivity index (χ0n) is 13.3. The number of carbonyl (C=O) groups is 1. The van der Waals surface area contributed by atoms with Crippen LogP contribution in [-0.4, -0.2) is 47.8 Å². The molecule has 2 aliphatic rings. The van der Waals surface area contributed by atoms with Crippen molar-refractivity contribution in [2.45, 2.75) is 25.0 Å². The van der Waals surface area contributed by atoms with Gasteiger partial charge in [0.1, 0.15) is 0 Å². The molecule has 1 aromatic carbocycles. The van der Waals surface area contributed by atoms with Crippen molar-refractivity contribution >= 4 is 17.7 Å². The van der Waals surface area contributed by atoms with Gasteiger partial charge in [-0.3, -0.25) is 14.9 Å². The van der Waals surface area contributed by atoms with Gasteiger partial charge in [0.15, 0.2) is 5.79 Å². The number of likely N-dealkylation sites (tertiary alicyclic amines) is 1. The summed E-state index contributed by atoms with van der Waals surface area (Å²) < 4.78 is 11.5. The zero-order chi connectivity index (χ0) is 17.0. The second-order valence-electron chi connectivity index (χ2n) is 5.97. The molecule has 0 aliphatic carbocycles. The lowest BCUT2D eigenvalue weighted by Gasteiger charge is -2.43. The molecule has 128 valence electrons. The Morgan fingerprint density at radius 1 is 1.17 bits per heavy atom. The van der Waals surface area contributed by atoms with Crippen molar-refractivity contribution in [3.8, 4) is 0 Å². The third-order valence-electron chi connectivity index (χ3n) is 4.38. The molecule has 2 heterocycles. The van der Waals surface area contributed by atoms with Crippen LogP contribution in [0.4, 0.5) is 5.69 Å². The van der Waals surface area contributed by atoms with Crippen LogP contribution in [-0.2, 0) is 14.3 Å². The largest absolute Gasteiger partial charge is 0.350 e. The lowest BCUT2D eigenvalue weighted by Crippen LogP contribution is -2.51. The first-order valence-corrected chi connectivity index (χ1v) is 8.07. The molecule has 0 bridgehead atoms. The minimum absolute atomic E-state index is 0.0345. The molecule has 2 saturated heterocycles. The summed E-state index contributed by atoms with van der Waals surface area (Å²) in [4.78, 5) is 24.2. The molecule has 0 saturated carbocycles. The smallest absolute Gasteiger partial charge is 0.269 e. The molecular weight excluding hydrogens is 312 g/mol. The number of non-ortho nitro benzene ring substituents is 1. The number of rotatable bonds is 3. The van der Waals surface area contributed by atoms with Crippen LogP contribution in [0.25, 0.3) is 6.08 Å². The Bertz CT molecular complexity index is 625. The van der Waals surface area contributed by atoms with E-state index in [4.69, 9.17) is 9.47 Å². The molecule has 7 nitrogen and oxygen atoms in total. The van der Waals surface area contributed by atoms with Gasteiger partial charge in [-0.25, -0.2) is 0 Å². The Kier molecular flexibility index (Phi) is 4.92. The predicted octanol–water partition coefficient (Wildman–Crippen LogP) is 2.36. The van der Waals surface area contributed by atoms with Gasteiger partial charge in [0.25, 0.3) is 5.69 Å². The summed E-state index contributed by atoms with van der Waals surface area (Å²) in [6, 6.07) is 6.09. The second-order valence-corrected chi connectivity index (χ2v) is 5.97. The second kappa shape index (κ2) is 7.11. The van der Waals surface area contributed by atoms with E-state index in [0.29, 0.717) is 39.1 Å². The summed E-state index contributed by atoms with van der Waals surface area (Å²) in [6.07, 6.45) is 5.46. The summed E-state index contributed by atoms with van der Waals surface area (Å²) in [6.45, 7) is 2.63. The SMILES string of the molecule is O=C(/C=C/c1ccc([N+](=O)[O-])cc1)N1CCC2(CC1)OCCCO2. The summed E-state index contributed by atoms with van der Waals surface area (Å²) in [5.41, 5.74) is 0.786. The molecule has 1 spiro atoms. The number of benzene rings is 1. The molecule has 24 heavy (non-hydrogen) atoms. The maximum atomic E-state index is 12.3. The van der Waals surface area contributed by atoms with E-state index in [1.165, 1.54) is 18.2 Å². The number of ether oxygens (including phenoxy) is 2. The third kappa shape index (κ3) is 3.80. The predicted molar refractivity (Wildman–Crippen MR) is 87.2 cm³/mol. The number of carbonyl (C=O) groups excluding carboxylic acids is 1. The minimum Gasteiger partial charge on any atom is -0.350 e. The van der Waals surface area contributed by atoms with Crippen LogP contribution >= 0.6 is 0 Å². The first-order valence-electron chi connectivity index (χ1n) is 8.07. The van der Waals surface area contributed by atoms with Crippen LogP contribution in [0.3, 0.4) is 0 Å². The van der Waals surface area contributed by atoms with Crippen molar-refractivity contribution in [2.75, 3.05) is 26.3 Å². The average Bonchev–Trinajstić information content (AvgIpc) is 2.61. The highest BCUT2D eigenvalue weighted by Crippen LogP contribution is 2.30. The van der Waals surface area contributed by atoms with Crippen LogP contribution in [0, 0.1) is 10.1 Å². The lowest BCUT2D eigenvalue weighted by atomic mass is 10.0. The van der Waals surface area contributed by atoms with Crippen LogP contribution in [0.1, 0.15) is 24.8 Å². The normalized spacial score (nSPS) is 20.4. The third-order valence-corrected chi connectivity index (χ3v) is 4.38. The minimum atomic E-state index is -0.503. The van der Waals surface area contributed by atoms with Crippen molar-refractivity contribution in [1.29, 1.82) is 0 Å². The standard InChI is InChI=1S/C17H20N2O5/c20-16(7-4-14-2-5-15(6-3-14)19(21)22)18-10-8-17(9-11-18)23-12-1-13-24-17/h2-7H,1,8-13H2/b7-4+. The molecular formula is C17H20N2O5. The summed E-state index contributed by atoms with van der Waals surface area (Å²) in [5.74, 6) is -0.573. The summed E-state index contributed by atoms with van der Waals surface area (Å²) >= 11 is 0. The zero-order valence-corrected chi connectivity index (χ0v) is 13.3. The van der Waals surface area contributed by atoms with Crippen molar-refractivity contribution in [3.05, 3.63) is 46.0 Å². The Labute approximate surface area is 140 Å². The highest BCUT2D eigenvalue weighted by atomic mass is 16.7. The monoisotopic (exact) mass is 332 g/mol. The number of nitro groups is 1. The average molecular weight is 332 g/mol. The molecule has 3 rings (SSSR count). The van der Waals surface area contributed by atoms with Crippen LogP contribution in [0.5, 0.6) is 0 Å². The number of amides is 1. The fourth-order valence-electron chi connectivity index (χ4n) is 2.95. The number of hydrogen-bond donors (Lipinski definition) is 0. The van der Waals surface area contributed by atoms with Crippen molar-refractivity contribution < 1.29 is 19.2 Å². The number of piperidine rings is 1. The fourth-order valence-corrected chi connectivity index (χ4v) is 2.95. The van der Waals surface area contributed by atoms with E-state index in [1.54, 1.807) is 23.1 Å². The first-order chi connectivity index (χ1) is 11.6. The van der Waals surface area contributed by atoms with Gasteiger partial charge in [-0.15, -0.1) is 0 Å². The molecule has 2 aliphatic heterocycles. The quantitative estimate of drug-likeness (QED) is 0.482. The van der Waals surface area contributed by atoms with E-state index < -0.39 is 10.7 Å². The van der Waals surface area contributed by atoms with Gasteiger partial charge < -0.3 is 14.4 Å². The maximum absolute atomic E-state index is 12.3. The molecule has 1 amide bonds.